The molecule has 1 amide bonds. The van der Waals surface area contributed by atoms with Crippen molar-refractivity contribution in [2.24, 2.45) is 11.1 Å². The molecule has 3 heterocycles. The van der Waals surface area contributed by atoms with Crippen molar-refractivity contribution in [2.45, 2.75) is 6.42 Å². The number of nitrogens with two attached hydrogens (primary N) is 1. The van der Waals surface area contributed by atoms with Gasteiger partial charge in [0, 0.05) is 18.5 Å². The fourth-order valence-corrected chi connectivity index (χ4v) is 3.93. The number of hydrogen-bond acceptors (Lipinski definition) is 5. The van der Waals surface area contributed by atoms with Gasteiger partial charge in [0.1, 0.15) is 0 Å². The molecule has 2 aliphatic rings. The van der Waals surface area contributed by atoms with Crippen LogP contribution in [0.2, 0.25) is 0 Å². The lowest BCUT2D eigenvalue weighted by molar-refractivity contribution is -0.0985. The predicted molar refractivity (Wildman–Crippen MR) is 77.1 cm³/mol. The molecular weight excluding hydrogens is 274 g/mol. The highest BCUT2D eigenvalue weighted by molar-refractivity contribution is 7.22. The van der Waals surface area contributed by atoms with E-state index in [1.807, 2.05) is 6.07 Å². The first-order valence-electron chi connectivity index (χ1n) is 6.61. The van der Waals surface area contributed by atoms with Gasteiger partial charge in [0.15, 0.2) is 5.13 Å². The molecule has 103 valence electrons. The van der Waals surface area contributed by atoms with Gasteiger partial charge in [0.05, 0.1) is 29.0 Å². The number of hydrogen-bond donors (Lipinski definition) is 1. The lowest BCUT2D eigenvalue weighted by atomic mass is 9.85. The summed E-state index contributed by atoms with van der Waals surface area (Å²) >= 11 is 1.61. The van der Waals surface area contributed by atoms with Crippen LogP contribution in [-0.4, -0.2) is 37.2 Å². The summed E-state index contributed by atoms with van der Waals surface area (Å²) in [6, 6.07) is 6.55. The number of ether oxygens (including phenoxy) is 1. The molecule has 1 spiro atoms. The van der Waals surface area contributed by atoms with E-state index in [1.54, 1.807) is 17.4 Å². The summed E-state index contributed by atoms with van der Waals surface area (Å²) in [5.41, 5.74) is 6.76. The van der Waals surface area contributed by atoms with Gasteiger partial charge in [0.2, 0.25) is 0 Å². The maximum atomic E-state index is 11.4. The first kappa shape index (κ1) is 12.1. The highest BCUT2D eigenvalue weighted by Gasteiger charge is 2.45. The van der Waals surface area contributed by atoms with E-state index in [-0.39, 0.29) is 0 Å². The van der Waals surface area contributed by atoms with Crippen LogP contribution in [0.4, 0.5) is 5.13 Å². The molecule has 1 radical (unpaired) electrons. The van der Waals surface area contributed by atoms with E-state index in [0.29, 0.717) is 16.5 Å². The number of thiazole rings is 1. The number of primary amides is 1. The lowest BCUT2D eigenvalue weighted by Crippen LogP contribution is -2.44. The summed E-state index contributed by atoms with van der Waals surface area (Å²) in [5.74, 6) is -0.474. The van der Waals surface area contributed by atoms with Gasteiger partial charge in [-0.3, -0.25) is 4.79 Å². The molecule has 0 aliphatic carbocycles. The Kier molecular flexibility index (Phi) is 2.52. The molecule has 1 aromatic heterocycles. The Hall–Kier alpha value is -1.66. The van der Waals surface area contributed by atoms with Crippen molar-refractivity contribution >= 4 is 32.6 Å². The third-order valence-corrected chi connectivity index (χ3v) is 5.19. The van der Waals surface area contributed by atoms with Crippen molar-refractivity contribution in [3.63, 3.8) is 0 Å². The Labute approximate surface area is 120 Å². The molecule has 2 saturated heterocycles. The van der Waals surface area contributed by atoms with Crippen molar-refractivity contribution < 1.29 is 9.53 Å². The summed E-state index contributed by atoms with van der Waals surface area (Å²) in [6.45, 7) is 3.70. The van der Waals surface area contributed by atoms with Crippen LogP contribution in [0, 0.1) is 11.5 Å². The van der Waals surface area contributed by atoms with Crippen LogP contribution >= 0.6 is 11.3 Å². The number of anilines is 1. The van der Waals surface area contributed by atoms with Gasteiger partial charge in [0.25, 0.3) is 5.91 Å². The highest BCUT2D eigenvalue weighted by atomic mass is 32.1. The Balaban J connectivity index is 1.71. The third-order valence-electron chi connectivity index (χ3n) is 4.11. The Morgan fingerprint density at radius 1 is 1.55 bits per heavy atom. The molecule has 0 saturated carbocycles. The summed E-state index contributed by atoms with van der Waals surface area (Å²) in [7, 11) is 0. The minimum absolute atomic E-state index is 0.330. The summed E-state index contributed by atoms with van der Waals surface area (Å²) < 4.78 is 6.33. The number of amides is 1. The summed E-state index contributed by atoms with van der Waals surface area (Å²) in [4.78, 5) is 18.3. The standard InChI is InChI=1S/C14H14N3O2S/c15-12(18)9-2-1-3-10-11(9)16-13(20-10)17-5-4-14(6-17)7-19-8-14/h1,3H,4-8H2,(H2,15,18). The Morgan fingerprint density at radius 3 is 3.05 bits per heavy atom. The van der Waals surface area contributed by atoms with Crippen LogP contribution in [0.5, 0.6) is 0 Å². The van der Waals surface area contributed by atoms with Crippen molar-refractivity contribution in [1.29, 1.82) is 0 Å². The minimum Gasteiger partial charge on any atom is -0.380 e. The zero-order valence-corrected chi connectivity index (χ0v) is 11.7. The number of carbonyl (C=O) groups is 1. The summed E-state index contributed by atoms with van der Waals surface area (Å²) in [5, 5.41) is 0.964. The Morgan fingerprint density at radius 2 is 2.40 bits per heavy atom. The van der Waals surface area contributed by atoms with Crippen LogP contribution in [0.15, 0.2) is 12.1 Å². The van der Waals surface area contributed by atoms with E-state index in [1.165, 1.54) is 0 Å². The van der Waals surface area contributed by atoms with E-state index in [2.05, 4.69) is 16.0 Å². The highest BCUT2D eigenvalue weighted by Crippen LogP contribution is 2.41. The van der Waals surface area contributed by atoms with Crippen LogP contribution in [-0.2, 0) is 4.74 Å². The number of aromatic nitrogens is 1. The van der Waals surface area contributed by atoms with Crippen molar-refractivity contribution in [3.8, 4) is 0 Å². The first-order valence-corrected chi connectivity index (χ1v) is 7.42. The van der Waals surface area contributed by atoms with Gasteiger partial charge in [-0.25, -0.2) is 4.98 Å². The van der Waals surface area contributed by atoms with Crippen molar-refractivity contribution in [2.75, 3.05) is 31.2 Å². The van der Waals surface area contributed by atoms with Crippen molar-refractivity contribution in [1.82, 2.24) is 4.98 Å². The maximum absolute atomic E-state index is 11.4. The monoisotopic (exact) mass is 288 g/mol. The zero-order chi connectivity index (χ0) is 13.7. The van der Waals surface area contributed by atoms with E-state index in [9.17, 15) is 4.79 Å². The SMILES string of the molecule is NC(=O)c1[c]ccc2sc(N3CCC4(COC4)C3)nc12. The number of carbonyl (C=O) groups excluding carboxylic acids is 1. The van der Waals surface area contributed by atoms with E-state index >= 15 is 0 Å². The van der Waals surface area contributed by atoms with Gasteiger partial charge >= 0.3 is 0 Å². The van der Waals surface area contributed by atoms with Crippen LogP contribution in [0.3, 0.4) is 0 Å². The number of fused-ring (bicyclic) bond motifs is 1. The summed E-state index contributed by atoms with van der Waals surface area (Å²) in [6.07, 6.45) is 1.15. The first-order chi connectivity index (χ1) is 9.67. The molecule has 0 atom stereocenters. The molecule has 0 unspecified atom stereocenters. The van der Waals surface area contributed by atoms with Gasteiger partial charge < -0.3 is 15.4 Å². The van der Waals surface area contributed by atoms with E-state index in [4.69, 9.17) is 10.5 Å². The number of nitrogens with zero attached hydrogens (tertiary/aromatic N) is 2. The molecule has 1 aromatic carbocycles. The maximum Gasteiger partial charge on any atom is 0.251 e. The van der Waals surface area contributed by atoms with Crippen LogP contribution in [0.25, 0.3) is 10.2 Å². The zero-order valence-electron chi connectivity index (χ0n) is 10.9. The number of benzene rings is 1. The van der Waals surface area contributed by atoms with E-state index < -0.39 is 5.91 Å². The second-order valence-electron chi connectivity index (χ2n) is 5.59. The van der Waals surface area contributed by atoms with E-state index in [0.717, 1.165) is 42.6 Å². The smallest absolute Gasteiger partial charge is 0.251 e. The normalized spacial score (nSPS) is 20.5. The van der Waals surface area contributed by atoms with Gasteiger partial charge in [-0.1, -0.05) is 17.4 Å². The predicted octanol–water partition coefficient (Wildman–Crippen LogP) is 1.42. The number of rotatable bonds is 2. The minimum atomic E-state index is -0.474. The molecule has 0 bridgehead atoms. The third kappa shape index (κ3) is 1.72. The average Bonchev–Trinajstić information content (AvgIpc) is 3.01. The molecule has 2 aromatic rings. The molecule has 2 N–H and O–H groups in total. The van der Waals surface area contributed by atoms with Gasteiger partial charge in [-0.15, -0.1) is 0 Å². The Bertz CT molecular complexity index is 693. The largest absolute Gasteiger partial charge is 0.380 e. The molecule has 5 nitrogen and oxygen atoms in total. The van der Waals surface area contributed by atoms with Gasteiger partial charge in [-0.05, 0) is 18.6 Å². The molecule has 2 fully saturated rings. The fourth-order valence-electron chi connectivity index (χ4n) is 2.93. The van der Waals surface area contributed by atoms with Crippen LogP contribution in [0.1, 0.15) is 16.8 Å². The topological polar surface area (TPSA) is 68.5 Å². The average molecular weight is 288 g/mol. The molecule has 6 heteroatoms. The second-order valence-corrected chi connectivity index (χ2v) is 6.60. The molecule has 2 aliphatic heterocycles. The molecular formula is C14H14N3O2S. The molecule has 20 heavy (non-hydrogen) atoms. The lowest BCUT2D eigenvalue weighted by Gasteiger charge is -2.37. The fraction of sp³-hybridized carbons (Fsp3) is 0.429. The van der Waals surface area contributed by atoms with Gasteiger partial charge in [-0.2, -0.15) is 0 Å². The van der Waals surface area contributed by atoms with Crippen LogP contribution < -0.4 is 10.6 Å². The quantitative estimate of drug-likeness (QED) is 0.907. The van der Waals surface area contributed by atoms with Crippen molar-refractivity contribution in [3.05, 3.63) is 23.8 Å². The second kappa shape index (κ2) is 4.17. The molecule has 4 rings (SSSR count).